The predicted octanol–water partition coefficient (Wildman–Crippen LogP) is 3.84. The van der Waals surface area contributed by atoms with Crippen LogP contribution in [0.2, 0.25) is 0 Å². The van der Waals surface area contributed by atoms with Crippen molar-refractivity contribution in [3.8, 4) is 17.2 Å². The van der Waals surface area contributed by atoms with Gasteiger partial charge in [0.25, 0.3) is 11.8 Å². The maximum absolute atomic E-state index is 13.0. The summed E-state index contributed by atoms with van der Waals surface area (Å²) in [5.74, 6) is 1.66. The number of anilines is 1. The average Bonchev–Trinajstić information content (AvgIpc) is 3.39. The van der Waals surface area contributed by atoms with E-state index in [1.165, 1.54) is 11.3 Å². The van der Waals surface area contributed by atoms with Gasteiger partial charge in [0.15, 0.2) is 0 Å². The maximum atomic E-state index is 13.0. The number of hydrogen-bond acceptors (Lipinski definition) is 8. The number of carbonyl (C=O) groups is 2. The van der Waals surface area contributed by atoms with Crippen LogP contribution in [0.5, 0.6) is 17.2 Å². The van der Waals surface area contributed by atoms with Gasteiger partial charge in [-0.05, 0) is 49.2 Å². The molecule has 2 aromatic carbocycles. The van der Waals surface area contributed by atoms with Gasteiger partial charge in [-0.25, -0.2) is 0 Å². The second kappa shape index (κ2) is 10.5. The van der Waals surface area contributed by atoms with Crippen LogP contribution in [-0.2, 0) is 0 Å². The molecule has 1 N–H and O–H groups in total. The van der Waals surface area contributed by atoms with Crippen LogP contribution in [0.1, 0.15) is 43.9 Å². The third kappa shape index (κ3) is 5.28. The Bertz CT molecular complexity index is 1130. The summed E-state index contributed by atoms with van der Waals surface area (Å²) in [5.41, 5.74) is 1.19. The Morgan fingerprint density at radius 2 is 1.53 bits per heavy atom. The van der Waals surface area contributed by atoms with E-state index in [4.69, 9.17) is 14.2 Å². The lowest BCUT2D eigenvalue weighted by atomic mass is 9.97. The Kier molecular flexibility index (Phi) is 7.27. The van der Waals surface area contributed by atoms with E-state index in [2.05, 4.69) is 15.5 Å². The van der Waals surface area contributed by atoms with Gasteiger partial charge in [0.05, 0.1) is 21.3 Å². The van der Waals surface area contributed by atoms with E-state index in [0.29, 0.717) is 46.6 Å². The van der Waals surface area contributed by atoms with Crippen LogP contribution in [0, 0.1) is 0 Å². The Hall–Kier alpha value is -3.66. The molecule has 1 fully saturated rings. The first-order valence-electron chi connectivity index (χ1n) is 10.8. The van der Waals surface area contributed by atoms with Gasteiger partial charge >= 0.3 is 0 Å². The molecule has 4 rings (SSSR count). The molecular weight excluding hydrogens is 456 g/mol. The van der Waals surface area contributed by atoms with Crippen LogP contribution in [0.3, 0.4) is 0 Å². The maximum Gasteiger partial charge on any atom is 0.286 e. The molecule has 178 valence electrons. The van der Waals surface area contributed by atoms with E-state index in [1.54, 1.807) is 63.8 Å². The molecule has 0 aliphatic carbocycles. The molecule has 0 spiro atoms. The highest BCUT2D eigenvalue weighted by molar-refractivity contribution is 7.13. The predicted molar refractivity (Wildman–Crippen MR) is 128 cm³/mol. The molecule has 0 atom stereocenters. The highest BCUT2D eigenvalue weighted by Crippen LogP contribution is 2.32. The van der Waals surface area contributed by atoms with Crippen molar-refractivity contribution in [3.05, 3.63) is 58.0 Å². The topological polar surface area (TPSA) is 103 Å². The minimum absolute atomic E-state index is 0.0625. The lowest BCUT2D eigenvalue weighted by molar-refractivity contribution is 0.0712. The fraction of sp³-hybridized carbons (Fsp3) is 0.333. The Morgan fingerprint density at radius 3 is 2.12 bits per heavy atom. The number of piperidine rings is 1. The van der Waals surface area contributed by atoms with Crippen LogP contribution >= 0.6 is 11.3 Å². The highest BCUT2D eigenvalue weighted by atomic mass is 32.1. The molecule has 1 aliphatic rings. The van der Waals surface area contributed by atoms with Crippen LogP contribution < -0.4 is 19.5 Å². The Balaban J connectivity index is 1.35. The lowest BCUT2D eigenvalue weighted by Gasteiger charge is -2.31. The summed E-state index contributed by atoms with van der Waals surface area (Å²) < 4.78 is 15.7. The average molecular weight is 483 g/mol. The zero-order valence-electron chi connectivity index (χ0n) is 19.2. The van der Waals surface area contributed by atoms with Crippen molar-refractivity contribution in [2.45, 2.75) is 18.8 Å². The summed E-state index contributed by atoms with van der Waals surface area (Å²) in [6.07, 6.45) is 1.50. The number of likely N-dealkylation sites (tertiary alicyclic amines) is 1. The number of aromatic nitrogens is 2. The van der Waals surface area contributed by atoms with Crippen LogP contribution in [0.4, 0.5) is 5.69 Å². The number of rotatable bonds is 7. The molecular formula is C24H26N4O5S. The monoisotopic (exact) mass is 482 g/mol. The summed E-state index contributed by atoms with van der Waals surface area (Å²) in [4.78, 5) is 27.4. The second-order valence-electron chi connectivity index (χ2n) is 7.80. The van der Waals surface area contributed by atoms with Gasteiger partial charge in [-0.3, -0.25) is 9.59 Å². The molecule has 1 aliphatic heterocycles. The summed E-state index contributed by atoms with van der Waals surface area (Å²) in [6.45, 7) is 1.19. The fourth-order valence-corrected chi connectivity index (χ4v) is 4.70. The van der Waals surface area contributed by atoms with Gasteiger partial charge in [0.1, 0.15) is 22.3 Å². The zero-order valence-corrected chi connectivity index (χ0v) is 20.1. The van der Waals surface area contributed by atoms with Crippen molar-refractivity contribution in [3.63, 3.8) is 0 Å². The smallest absolute Gasteiger partial charge is 0.286 e. The van der Waals surface area contributed by atoms with E-state index < -0.39 is 0 Å². The van der Waals surface area contributed by atoms with E-state index in [9.17, 15) is 9.59 Å². The third-order valence-corrected chi connectivity index (χ3v) is 6.80. The minimum atomic E-state index is -0.298. The molecule has 2 amide bonds. The minimum Gasteiger partial charge on any atom is -0.497 e. The second-order valence-corrected chi connectivity index (χ2v) is 8.80. The number of amides is 2. The lowest BCUT2D eigenvalue weighted by Crippen LogP contribution is -2.37. The molecule has 1 aromatic heterocycles. The molecule has 0 radical (unpaired) electrons. The van der Waals surface area contributed by atoms with Crippen LogP contribution in [0.15, 0.2) is 42.5 Å². The highest BCUT2D eigenvalue weighted by Gasteiger charge is 2.28. The molecule has 2 heterocycles. The fourth-order valence-electron chi connectivity index (χ4n) is 3.79. The van der Waals surface area contributed by atoms with Crippen molar-refractivity contribution in [1.29, 1.82) is 0 Å². The molecule has 34 heavy (non-hydrogen) atoms. The van der Waals surface area contributed by atoms with Crippen molar-refractivity contribution >= 4 is 28.8 Å². The summed E-state index contributed by atoms with van der Waals surface area (Å²) in [7, 11) is 4.71. The quantitative estimate of drug-likeness (QED) is 0.546. The van der Waals surface area contributed by atoms with Crippen LogP contribution in [0.25, 0.3) is 0 Å². The van der Waals surface area contributed by atoms with Gasteiger partial charge < -0.3 is 24.4 Å². The SMILES string of the molecule is COc1ccc(NC(=O)c2nnc(C3CCN(C(=O)c4cc(OC)cc(OC)c4)CC3)s2)cc1. The van der Waals surface area contributed by atoms with E-state index in [0.717, 1.165) is 17.8 Å². The molecule has 10 heteroatoms. The molecule has 0 saturated carbocycles. The van der Waals surface area contributed by atoms with Gasteiger partial charge in [-0.1, -0.05) is 11.3 Å². The van der Waals surface area contributed by atoms with Crippen molar-refractivity contribution in [2.75, 3.05) is 39.7 Å². The molecule has 0 unspecified atom stereocenters. The van der Waals surface area contributed by atoms with Gasteiger partial charge in [0, 0.05) is 36.3 Å². The van der Waals surface area contributed by atoms with E-state index >= 15 is 0 Å². The number of hydrogen-bond donors (Lipinski definition) is 1. The number of benzene rings is 2. The number of ether oxygens (including phenoxy) is 3. The van der Waals surface area contributed by atoms with Crippen molar-refractivity contribution in [2.24, 2.45) is 0 Å². The standard InChI is InChI=1S/C24H26N4O5S/c1-31-18-6-4-17(5-7-18)25-21(29)23-27-26-22(34-23)15-8-10-28(11-9-15)24(30)16-12-19(32-2)14-20(13-16)33-3/h4-7,12-15H,8-11H2,1-3H3,(H,25,29). The first kappa shape index (κ1) is 23.5. The number of methoxy groups -OCH3 is 3. The number of carbonyl (C=O) groups excluding carboxylic acids is 2. The number of nitrogens with zero attached hydrogens (tertiary/aromatic N) is 3. The molecule has 9 nitrogen and oxygen atoms in total. The van der Waals surface area contributed by atoms with Crippen LogP contribution in [-0.4, -0.2) is 61.3 Å². The molecule has 1 saturated heterocycles. The van der Waals surface area contributed by atoms with E-state index in [1.807, 2.05) is 4.90 Å². The number of nitrogens with one attached hydrogen (secondary N) is 1. The third-order valence-electron chi connectivity index (χ3n) is 5.71. The first-order chi connectivity index (χ1) is 16.5. The normalized spacial score (nSPS) is 13.9. The van der Waals surface area contributed by atoms with Gasteiger partial charge in [-0.2, -0.15) is 0 Å². The molecule has 0 bridgehead atoms. The summed E-state index contributed by atoms with van der Waals surface area (Å²) >= 11 is 1.29. The zero-order chi connectivity index (χ0) is 24.1. The van der Waals surface area contributed by atoms with Crippen molar-refractivity contribution < 1.29 is 23.8 Å². The Labute approximate surface area is 201 Å². The van der Waals surface area contributed by atoms with Crippen molar-refractivity contribution in [1.82, 2.24) is 15.1 Å². The first-order valence-corrected chi connectivity index (χ1v) is 11.6. The summed E-state index contributed by atoms with van der Waals surface area (Å²) in [6, 6.07) is 12.3. The Morgan fingerprint density at radius 1 is 0.912 bits per heavy atom. The van der Waals surface area contributed by atoms with Gasteiger partial charge in [0.2, 0.25) is 5.01 Å². The van der Waals surface area contributed by atoms with E-state index in [-0.39, 0.29) is 17.7 Å². The van der Waals surface area contributed by atoms with Gasteiger partial charge in [-0.15, -0.1) is 10.2 Å². The largest absolute Gasteiger partial charge is 0.497 e. The molecule has 3 aromatic rings. The summed E-state index contributed by atoms with van der Waals surface area (Å²) in [5, 5.41) is 12.3.